The van der Waals surface area contributed by atoms with Gasteiger partial charge in [-0.25, -0.2) is 4.79 Å². The van der Waals surface area contributed by atoms with Gasteiger partial charge in [-0.05, 0) is 37.6 Å². The van der Waals surface area contributed by atoms with Crippen LogP contribution >= 0.6 is 0 Å². The summed E-state index contributed by atoms with van der Waals surface area (Å²) in [7, 11) is 1.27. The standard InChI is InChI=1S/C16H20N2O4/c1-10(2)9-14(16(21)22-4)18-15(20)12-5-7-13(8-6-12)17-11(3)19/h5-8,14H,1,9H2,2-4H3,(H,17,19)(H,18,20)/t14-/m0/s1. The number of anilines is 1. The van der Waals surface area contributed by atoms with Crippen molar-refractivity contribution in [3.63, 3.8) is 0 Å². The number of benzene rings is 1. The molecule has 2 amide bonds. The summed E-state index contributed by atoms with van der Waals surface area (Å²) in [5.74, 6) is -1.11. The zero-order valence-corrected chi connectivity index (χ0v) is 12.9. The Kier molecular flexibility index (Phi) is 6.31. The van der Waals surface area contributed by atoms with Gasteiger partial charge < -0.3 is 15.4 Å². The summed E-state index contributed by atoms with van der Waals surface area (Å²) < 4.78 is 4.67. The molecule has 0 bridgehead atoms. The maximum absolute atomic E-state index is 12.2. The third-order valence-corrected chi connectivity index (χ3v) is 2.81. The van der Waals surface area contributed by atoms with E-state index in [0.717, 1.165) is 5.57 Å². The molecule has 2 N–H and O–H groups in total. The second-order valence-corrected chi connectivity index (χ2v) is 4.97. The first-order valence-corrected chi connectivity index (χ1v) is 6.74. The molecule has 118 valence electrons. The number of rotatable bonds is 6. The molecule has 0 fully saturated rings. The van der Waals surface area contributed by atoms with Crippen LogP contribution in [0.25, 0.3) is 0 Å². The van der Waals surface area contributed by atoms with Crippen LogP contribution in [0.4, 0.5) is 5.69 Å². The van der Waals surface area contributed by atoms with Gasteiger partial charge in [-0.1, -0.05) is 5.57 Å². The van der Waals surface area contributed by atoms with Gasteiger partial charge >= 0.3 is 5.97 Å². The van der Waals surface area contributed by atoms with Gasteiger partial charge in [-0.15, -0.1) is 6.58 Å². The van der Waals surface area contributed by atoms with E-state index < -0.39 is 17.9 Å². The van der Waals surface area contributed by atoms with E-state index in [4.69, 9.17) is 0 Å². The maximum Gasteiger partial charge on any atom is 0.328 e. The van der Waals surface area contributed by atoms with Crippen molar-refractivity contribution in [1.29, 1.82) is 0 Å². The van der Waals surface area contributed by atoms with E-state index in [0.29, 0.717) is 17.7 Å². The maximum atomic E-state index is 12.2. The average Bonchev–Trinajstić information content (AvgIpc) is 2.45. The summed E-state index contributed by atoms with van der Waals surface area (Å²) in [6, 6.07) is 5.58. The van der Waals surface area contributed by atoms with Crippen molar-refractivity contribution in [2.24, 2.45) is 0 Å². The first-order chi connectivity index (χ1) is 10.3. The quantitative estimate of drug-likeness (QED) is 0.621. The van der Waals surface area contributed by atoms with Crippen LogP contribution in [-0.4, -0.2) is 30.9 Å². The molecule has 6 heteroatoms. The normalized spacial score (nSPS) is 11.2. The number of ether oxygens (including phenoxy) is 1. The fourth-order valence-electron chi connectivity index (χ4n) is 1.83. The molecule has 0 heterocycles. The van der Waals surface area contributed by atoms with E-state index in [2.05, 4.69) is 21.9 Å². The Bertz CT molecular complexity index is 578. The Labute approximate surface area is 129 Å². The third kappa shape index (κ3) is 5.40. The van der Waals surface area contributed by atoms with Gasteiger partial charge in [0.1, 0.15) is 6.04 Å². The summed E-state index contributed by atoms with van der Waals surface area (Å²) in [6.07, 6.45) is 0.308. The number of carbonyl (C=O) groups is 3. The van der Waals surface area contributed by atoms with Crippen molar-refractivity contribution < 1.29 is 19.1 Å². The Balaban J connectivity index is 2.78. The Hall–Kier alpha value is -2.63. The summed E-state index contributed by atoms with van der Waals surface area (Å²) in [4.78, 5) is 34.8. The topological polar surface area (TPSA) is 84.5 Å². The van der Waals surface area contributed by atoms with Gasteiger partial charge in [0.2, 0.25) is 5.91 Å². The zero-order valence-electron chi connectivity index (χ0n) is 12.9. The SMILES string of the molecule is C=C(C)C[C@H](NC(=O)c1ccc(NC(C)=O)cc1)C(=O)OC. The van der Waals surface area contributed by atoms with Crippen molar-refractivity contribution in [2.45, 2.75) is 26.3 Å². The lowest BCUT2D eigenvalue weighted by Crippen LogP contribution is -2.41. The molecule has 0 aliphatic rings. The molecule has 0 radical (unpaired) electrons. The van der Waals surface area contributed by atoms with Gasteiger partial charge in [0, 0.05) is 18.2 Å². The van der Waals surface area contributed by atoms with Crippen molar-refractivity contribution in [3.05, 3.63) is 42.0 Å². The molecule has 0 aliphatic heterocycles. The van der Waals surface area contributed by atoms with Gasteiger partial charge in [-0.2, -0.15) is 0 Å². The first kappa shape index (κ1) is 17.4. The third-order valence-electron chi connectivity index (χ3n) is 2.81. The summed E-state index contributed by atoms with van der Waals surface area (Å²) in [5, 5.41) is 5.22. The van der Waals surface area contributed by atoms with E-state index in [9.17, 15) is 14.4 Å². The van der Waals surface area contributed by atoms with E-state index in [1.807, 2.05) is 0 Å². The van der Waals surface area contributed by atoms with Crippen LogP contribution in [0.5, 0.6) is 0 Å². The van der Waals surface area contributed by atoms with Gasteiger partial charge in [0.15, 0.2) is 0 Å². The number of amides is 2. The number of hydrogen-bond acceptors (Lipinski definition) is 4. The lowest BCUT2D eigenvalue weighted by Gasteiger charge is -2.16. The summed E-state index contributed by atoms with van der Waals surface area (Å²) in [6.45, 7) is 6.90. The van der Waals surface area contributed by atoms with Crippen LogP contribution < -0.4 is 10.6 Å². The van der Waals surface area contributed by atoms with E-state index in [1.165, 1.54) is 14.0 Å². The second kappa shape index (κ2) is 7.97. The van der Waals surface area contributed by atoms with Crippen molar-refractivity contribution in [2.75, 3.05) is 12.4 Å². The van der Waals surface area contributed by atoms with Crippen LogP contribution in [0.15, 0.2) is 36.4 Å². The summed E-state index contributed by atoms with van der Waals surface area (Å²) in [5.41, 5.74) is 1.73. The molecular weight excluding hydrogens is 284 g/mol. The molecule has 22 heavy (non-hydrogen) atoms. The molecule has 1 rings (SSSR count). The highest BCUT2D eigenvalue weighted by molar-refractivity contribution is 5.97. The molecule has 0 unspecified atom stereocenters. The number of esters is 1. The molecule has 0 saturated carbocycles. The fraction of sp³-hybridized carbons (Fsp3) is 0.312. The molecule has 0 spiro atoms. The van der Waals surface area contributed by atoms with Crippen molar-refractivity contribution in [1.82, 2.24) is 5.32 Å². The van der Waals surface area contributed by atoms with E-state index in [-0.39, 0.29) is 5.91 Å². The van der Waals surface area contributed by atoms with Crippen LogP contribution in [0.1, 0.15) is 30.6 Å². The molecule has 0 saturated heterocycles. The summed E-state index contributed by atoms with van der Waals surface area (Å²) >= 11 is 0. The Morgan fingerprint density at radius 3 is 2.23 bits per heavy atom. The first-order valence-electron chi connectivity index (χ1n) is 6.74. The molecule has 1 atom stereocenters. The minimum atomic E-state index is -0.773. The molecule has 6 nitrogen and oxygen atoms in total. The Morgan fingerprint density at radius 1 is 1.18 bits per heavy atom. The molecule has 1 aromatic carbocycles. The molecule has 1 aromatic rings. The molecule has 0 aromatic heterocycles. The van der Waals surface area contributed by atoms with Crippen LogP contribution in [0, 0.1) is 0 Å². The van der Waals surface area contributed by atoms with E-state index >= 15 is 0 Å². The monoisotopic (exact) mass is 304 g/mol. The van der Waals surface area contributed by atoms with Crippen molar-refractivity contribution >= 4 is 23.5 Å². The van der Waals surface area contributed by atoms with Crippen LogP contribution in [0.2, 0.25) is 0 Å². The molecular formula is C16H20N2O4. The fourth-order valence-corrected chi connectivity index (χ4v) is 1.83. The lowest BCUT2D eigenvalue weighted by atomic mass is 10.1. The molecule has 0 aliphatic carbocycles. The predicted molar refractivity (Wildman–Crippen MR) is 83.4 cm³/mol. The minimum absolute atomic E-state index is 0.190. The van der Waals surface area contributed by atoms with Crippen LogP contribution in [-0.2, 0) is 14.3 Å². The second-order valence-electron chi connectivity index (χ2n) is 4.97. The van der Waals surface area contributed by atoms with Gasteiger partial charge in [0.05, 0.1) is 7.11 Å². The number of carbonyl (C=O) groups excluding carboxylic acids is 3. The lowest BCUT2D eigenvalue weighted by molar-refractivity contribution is -0.142. The smallest absolute Gasteiger partial charge is 0.328 e. The largest absolute Gasteiger partial charge is 0.467 e. The van der Waals surface area contributed by atoms with Crippen molar-refractivity contribution in [3.8, 4) is 0 Å². The van der Waals surface area contributed by atoms with Crippen LogP contribution in [0.3, 0.4) is 0 Å². The average molecular weight is 304 g/mol. The number of methoxy groups -OCH3 is 1. The zero-order chi connectivity index (χ0) is 16.7. The highest BCUT2D eigenvalue weighted by Gasteiger charge is 2.22. The number of hydrogen-bond donors (Lipinski definition) is 2. The highest BCUT2D eigenvalue weighted by Crippen LogP contribution is 2.11. The van der Waals surface area contributed by atoms with E-state index in [1.54, 1.807) is 31.2 Å². The Morgan fingerprint density at radius 2 is 1.77 bits per heavy atom. The predicted octanol–water partition coefficient (Wildman–Crippen LogP) is 1.88. The highest BCUT2D eigenvalue weighted by atomic mass is 16.5. The van der Waals surface area contributed by atoms with Gasteiger partial charge in [-0.3, -0.25) is 9.59 Å². The number of nitrogens with one attached hydrogen (secondary N) is 2. The minimum Gasteiger partial charge on any atom is -0.467 e. The van der Waals surface area contributed by atoms with Gasteiger partial charge in [0.25, 0.3) is 5.91 Å².